The molecule has 0 saturated carbocycles. The van der Waals surface area contributed by atoms with Crippen LogP contribution >= 0.6 is 0 Å². The van der Waals surface area contributed by atoms with Crippen LogP contribution in [0.1, 0.15) is 24.2 Å². The summed E-state index contributed by atoms with van der Waals surface area (Å²) < 4.78 is 5.62. The van der Waals surface area contributed by atoms with Gasteiger partial charge in [-0.2, -0.15) is 0 Å². The van der Waals surface area contributed by atoms with Gasteiger partial charge in [0.1, 0.15) is 11.4 Å². The van der Waals surface area contributed by atoms with E-state index in [-0.39, 0.29) is 0 Å². The Labute approximate surface area is 89.2 Å². The number of primary amides is 1. The van der Waals surface area contributed by atoms with Gasteiger partial charge < -0.3 is 16.2 Å². The zero-order valence-electron chi connectivity index (χ0n) is 8.99. The molecule has 0 aliphatic rings. The highest BCUT2D eigenvalue weighted by Crippen LogP contribution is 2.22. The smallest absolute Gasteiger partial charge is 0.252 e. The third kappa shape index (κ3) is 2.95. The number of carbonyl (C=O) groups excluding carboxylic acids is 1. The van der Waals surface area contributed by atoms with Crippen LogP contribution in [0.4, 0.5) is 0 Å². The molecule has 0 saturated heterocycles. The average molecular weight is 208 g/mol. The van der Waals surface area contributed by atoms with Crippen LogP contribution in [0.15, 0.2) is 24.3 Å². The van der Waals surface area contributed by atoms with Gasteiger partial charge in [-0.3, -0.25) is 4.79 Å². The van der Waals surface area contributed by atoms with Crippen LogP contribution in [0.2, 0.25) is 0 Å². The minimum Gasteiger partial charge on any atom is -0.486 e. The summed E-state index contributed by atoms with van der Waals surface area (Å²) in [5.74, 6) is -0.0288. The van der Waals surface area contributed by atoms with Gasteiger partial charge in [-0.05, 0) is 26.0 Å². The summed E-state index contributed by atoms with van der Waals surface area (Å²) in [6.45, 7) is 4.07. The van der Waals surface area contributed by atoms with Gasteiger partial charge in [0.05, 0.1) is 5.56 Å². The molecule has 82 valence electrons. The number of ether oxygens (including phenoxy) is 1. The van der Waals surface area contributed by atoms with E-state index in [2.05, 4.69) is 0 Å². The predicted octanol–water partition coefficient (Wildman–Crippen LogP) is 0.902. The Morgan fingerprint density at radius 3 is 2.53 bits per heavy atom. The molecule has 4 nitrogen and oxygen atoms in total. The van der Waals surface area contributed by atoms with E-state index in [0.29, 0.717) is 17.9 Å². The van der Waals surface area contributed by atoms with E-state index < -0.39 is 11.5 Å². The second kappa shape index (κ2) is 4.31. The van der Waals surface area contributed by atoms with Gasteiger partial charge in [0, 0.05) is 6.54 Å². The summed E-state index contributed by atoms with van der Waals surface area (Å²) in [7, 11) is 0. The van der Waals surface area contributed by atoms with Crippen molar-refractivity contribution in [1.82, 2.24) is 0 Å². The van der Waals surface area contributed by atoms with Crippen molar-refractivity contribution in [3.8, 4) is 5.75 Å². The van der Waals surface area contributed by atoms with Gasteiger partial charge in [-0.25, -0.2) is 0 Å². The molecular formula is C11H16N2O2. The summed E-state index contributed by atoms with van der Waals surface area (Å²) in [5, 5.41) is 0. The summed E-state index contributed by atoms with van der Waals surface area (Å²) in [4.78, 5) is 11.1. The maximum Gasteiger partial charge on any atom is 0.252 e. The molecule has 0 spiro atoms. The summed E-state index contributed by atoms with van der Waals surface area (Å²) in [6.07, 6.45) is 0. The topological polar surface area (TPSA) is 78.3 Å². The fourth-order valence-electron chi connectivity index (χ4n) is 1.10. The molecule has 1 aromatic carbocycles. The second-order valence-corrected chi connectivity index (χ2v) is 3.93. The Balaban J connectivity index is 2.99. The lowest BCUT2D eigenvalue weighted by atomic mass is 10.1. The summed E-state index contributed by atoms with van der Waals surface area (Å²) in [5.41, 5.74) is 10.6. The molecule has 15 heavy (non-hydrogen) atoms. The zero-order chi connectivity index (χ0) is 11.5. The van der Waals surface area contributed by atoms with Gasteiger partial charge in [-0.1, -0.05) is 12.1 Å². The Morgan fingerprint density at radius 2 is 2.00 bits per heavy atom. The molecule has 0 radical (unpaired) electrons. The van der Waals surface area contributed by atoms with E-state index in [0.717, 1.165) is 0 Å². The number of nitrogens with two attached hydrogens (primary N) is 2. The van der Waals surface area contributed by atoms with E-state index in [1.54, 1.807) is 24.3 Å². The number of para-hydroxylation sites is 1. The quantitative estimate of drug-likeness (QED) is 0.771. The molecule has 1 rings (SSSR count). The van der Waals surface area contributed by atoms with Crippen molar-refractivity contribution in [2.75, 3.05) is 6.54 Å². The number of carbonyl (C=O) groups is 1. The molecule has 0 atom stereocenters. The van der Waals surface area contributed by atoms with E-state index in [1.165, 1.54) is 0 Å². The first-order valence-corrected chi connectivity index (χ1v) is 4.74. The van der Waals surface area contributed by atoms with Gasteiger partial charge in [0.25, 0.3) is 5.91 Å². The predicted molar refractivity (Wildman–Crippen MR) is 58.7 cm³/mol. The Bertz CT molecular complexity index is 361. The van der Waals surface area contributed by atoms with Gasteiger partial charge >= 0.3 is 0 Å². The monoisotopic (exact) mass is 208 g/mol. The third-order valence-corrected chi connectivity index (χ3v) is 2.03. The van der Waals surface area contributed by atoms with E-state index in [9.17, 15) is 4.79 Å². The van der Waals surface area contributed by atoms with Crippen LogP contribution in [0.5, 0.6) is 5.75 Å². The van der Waals surface area contributed by atoms with Crippen molar-refractivity contribution >= 4 is 5.91 Å². The highest BCUT2D eigenvalue weighted by molar-refractivity contribution is 5.95. The third-order valence-electron chi connectivity index (χ3n) is 2.03. The van der Waals surface area contributed by atoms with Crippen LogP contribution in [0.3, 0.4) is 0 Å². The minimum atomic E-state index is -0.508. The van der Waals surface area contributed by atoms with Crippen LogP contribution in [-0.4, -0.2) is 18.1 Å². The van der Waals surface area contributed by atoms with Crippen molar-refractivity contribution in [2.45, 2.75) is 19.4 Å². The van der Waals surface area contributed by atoms with Crippen LogP contribution in [0, 0.1) is 0 Å². The highest BCUT2D eigenvalue weighted by atomic mass is 16.5. The lowest BCUT2D eigenvalue weighted by molar-refractivity contribution is 0.0967. The molecule has 0 heterocycles. The molecule has 0 aliphatic carbocycles. The molecule has 1 amide bonds. The minimum absolute atomic E-state index is 0.361. The molecule has 0 bridgehead atoms. The second-order valence-electron chi connectivity index (χ2n) is 3.93. The largest absolute Gasteiger partial charge is 0.486 e. The fourth-order valence-corrected chi connectivity index (χ4v) is 1.10. The summed E-state index contributed by atoms with van der Waals surface area (Å²) >= 11 is 0. The van der Waals surface area contributed by atoms with Crippen LogP contribution < -0.4 is 16.2 Å². The number of rotatable bonds is 4. The van der Waals surface area contributed by atoms with Crippen molar-refractivity contribution in [3.63, 3.8) is 0 Å². The van der Waals surface area contributed by atoms with Gasteiger partial charge in [0.15, 0.2) is 0 Å². The van der Waals surface area contributed by atoms with Crippen molar-refractivity contribution in [1.29, 1.82) is 0 Å². The number of amides is 1. The molecule has 1 aromatic rings. The first kappa shape index (κ1) is 11.5. The zero-order valence-corrected chi connectivity index (χ0v) is 8.99. The molecule has 0 aliphatic heterocycles. The molecular weight excluding hydrogens is 192 g/mol. The molecule has 0 unspecified atom stereocenters. The fraction of sp³-hybridized carbons (Fsp3) is 0.364. The highest BCUT2D eigenvalue weighted by Gasteiger charge is 2.20. The SMILES string of the molecule is CC(C)(CN)Oc1ccccc1C(N)=O. The first-order valence-electron chi connectivity index (χ1n) is 4.74. The van der Waals surface area contributed by atoms with Crippen molar-refractivity contribution < 1.29 is 9.53 Å². The maximum atomic E-state index is 11.1. The van der Waals surface area contributed by atoms with Gasteiger partial charge in [-0.15, -0.1) is 0 Å². The lowest BCUT2D eigenvalue weighted by Gasteiger charge is -2.25. The number of hydrogen-bond donors (Lipinski definition) is 2. The molecule has 4 N–H and O–H groups in total. The van der Waals surface area contributed by atoms with Crippen molar-refractivity contribution in [2.24, 2.45) is 11.5 Å². The normalized spacial score (nSPS) is 11.1. The average Bonchev–Trinajstić information content (AvgIpc) is 2.18. The summed E-state index contributed by atoms with van der Waals surface area (Å²) in [6, 6.07) is 6.86. The van der Waals surface area contributed by atoms with Crippen molar-refractivity contribution in [3.05, 3.63) is 29.8 Å². The molecule has 4 heteroatoms. The van der Waals surface area contributed by atoms with Crippen LogP contribution in [0.25, 0.3) is 0 Å². The van der Waals surface area contributed by atoms with E-state index in [4.69, 9.17) is 16.2 Å². The Morgan fingerprint density at radius 1 is 1.40 bits per heavy atom. The standard InChI is InChI=1S/C11H16N2O2/c1-11(2,7-12)15-9-6-4-3-5-8(9)10(13)14/h3-6H,7,12H2,1-2H3,(H2,13,14). The number of hydrogen-bond acceptors (Lipinski definition) is 3. The lowest BCUT2D eigenvalue weighted by Crippen LogP contribution is -2.37. The maximum absolute atomic E-state index is 11.1. The Hall–Kier alpha value is -1.55. The van der Waals surface area contributed by atoms with Gasteiger partial charge in [0.2, 0.25) is 0 Å². The van der Waals surface area contributed by atoms with E-state index in [1.807, 2.05) is 13.8 Å². The first-order chi connectivity index (χ1) is 6.96. The van der Waals surface area contributed by atoms with E-state index >= 15 is 0 Å². The van der Waals surface area contributed by atoms with Crippen LogP contribution in [-0.2, 0) is 0 Å². The molecule has 0 aromatic heterocycles. The number of benzene rings is 1. The Kier molecular flexibility index (Phi) is 3.31. The molecule has 0 fully saturated rings.